The van der Waals surface area contributed by atoms with Crippen molar-refractivity contribution < 1.29 is 13.5 Å². The highest BCUT2D eigenvalue weighted by Gasteiger charge is 2.14. The van der Waals surface area contributed by atoms with Crippen LogP contribution in [0.1, 0.15) is 5.56 Å². The van der Waals surface area contributed by atoms with Crippen LogP contribution in [0.25, 0.3) is 11.3 Å². The molecule has 0 aliphatic rings. The SMILES string of the molecule is Fc1ccc(-c2nc(Cl)ccc2OCc2ccccc2)c(F)c1. The second kappa shape index (κ2) is 6.75. The van der Waals surface area contributed by atoms with Crippen LogP contribution in [0, 0.1) is 11.6 Å². The van der Waals surface area contributed by atoms with Gasteiger partial charge in [-0.05, 0) is 29.8 Å². The normalized spacial score (nSPS) is 10.6. The van der Waals surface area contributed by atoms with Crippen molar-refractivity contribution in [2.24, 2.45) is 0 Å². The van der Waals surface area contributed by atoms with E-state index in [1.807, 2.05) is 30.3 Å². The molecule has 5 heteroatoms. The predicted octanol–water partition coefficient (Wildman–Crippen LogP) is 5.26. The summed E-state index contributed by atoms with van der Waals surface area (Å²) >= 11 is 5.90. The molecule has 0 aliphatic carbocycles. The van der Waals surface area contributed by atoms with E-state index in [0.717, 1.165) is 11.6 Å². The van der Waals surface area contributed by atoms with Gasteiger partial charge >= 0.3 is 0 Å². The van der Waals surface area contributed by atoms with Gasteiger partial charge in [0, 0.05) is 11.6 Å². The van der Waals surface area contributed by atoms with Gasteiger partial charge < -0.3 is 4.74 Å². The van der Waals surface area contributed by atoms with Crippen molar-refractivity contribution in [1.29, 1.82) is 0 Å². The fourth-order valence-corrected chi connectivity index (χ4v) is 2.30. The Morgan fingerprint density at radius 3 is 2.48 bits per heavy atom. The van der Waals surface area contributed by atoms with Crippen LogP contribution in [-0.4, -0.2) is 4.98 Å². The molecule has 1 aromatic heterocycles. The maximum absolute atomic E-state index is 14.0. The van der Waals surface area contributed by atoms with Crippen LogP contribution in [0.3, 0.4) is 0 Å². The molecule has 0 aliphatic heterocycles. The van der Waals surface area contributed by atoms with Crippen molar-refractivity contribution in [1.82, 2.24) is 4.98 Å². The lowest BCUT2D eigenvalue weighted by atomic mass is 10.1. The number of pyridine rings is 1. The molecular formula is C18H12ClF2NO. The second-order valence-electron chi connectivity index (χ2n) is 4.88. The minimum atomic E-state index is -0.718. The lowest BCUT2D eigenvalue weighted by Gasteiger charge is -2.12. The van der Waals surface area contributed by atoms with Crippen LogP contribution in [0.5, 0.6) is 5.75 Å². The molecule has 2 aromatic carbocycles. The van der Waals surface area contributed by atoms with Gasteiger partial charge in [-0.1, -0.05) is 41.9 Å². The summed E-state index contributed by atoms with van der Waals surface area (Å²) in [6.45, 7) is 0.306. The average Bonchev–Trinajstić information content (AvgIpc) is 2.55. The van der Waals surface area contributed by atoms with E-state index in [1.165, 1.54) is 12.1 Å². The molecule has 0 saturated heterocycles. The van der Waals surface area contributed by atoms with E-state index in [2.05, 4.69) is 4.98 Å². The van der Waals surface area contributed by atoms with Gasteiger partial charge in [-0.25, -0.2) is 13.8 Å². The molecule has 0 N–H and O–H groups in total. The topological polar surface area (TPSA) is 22.1 Å². The number of hydrogen-bond acceptors (Lipinski definition) is 2. The van der Waals surface area contributed by atoms with Crippen LogP contribution < -0.4 is 4.74 Å². The number of halogens is 3. The van der Waals surface area contributed by atoms with E-state index in [9.17, 15) is 8.78 Å². The molecular weight excluding hydrogens is 320 g/mol. The van der Waals surface area contributed by atoms with Crippen LogP contribution >= 0.6 is 11.6 Å². The molecule has 1 heterocycles. The molecule has 2 nitrogen and oxygen atoms in total. The summed E-state index contributed by atoms with van der Waals surface area (Å²) < 4.78 is 32.9. The second-order valence-corrected chi connectivity index (χ2v) is 5.27. The fourth-order valence-electron chi connectivity index (χ4n) is 2.15. The summed E-state index contributed by atoms with van der Waals surface area (Å²) in [4.78, 5) is 4.12. The van der Waals surface area contributed by atoms with Gasteiger partial charge in [0.05, 0.1) is 0 Å². The van der Waals surface area contributed by atoms with Crippen molar-refractivity contribution in [3.63, 3.8) is 0 Å². The first-order valence-corrected chi connectivity index (χ1v) is 7.30. The number of benzene rings is 2. The predicted molar refractivity (Wildman–Crippen MR) is 85.4 cm³/mol. The van der Waals surface area contributed by atoms with Gasteiger partial charge in [-0.15, -0.1) is 0 Å². The number of hydrogen-bond donors (Lipinski definition) is 0. The highest BCUT2D eigenvalue weighted by atomic mass is 35.5. The minimum absolute atomic E-state index is 0.136. The van der Waals surface area contributed by atoms with Gasteiger partial charge in [0.1, 0.15) is 34.8 Å². The average molecular weight is 332 g/mol. The maximum atomic E-state index is 14.0. The van der Waals surface area contributed by atoms with E-state index < -0.39 is 11.6 Å². The minimum Gasteiger partial charge on any atom is -0.487 e. The fraction of sp³-hybridized carbons (Fsp3) is 0.0556. The Bertz CT molecular complexity index is 825. The van der Waals surface area contributed by atoms with Crippen molar-refractivity contribution in [2.75, 3.05) is 0 Å². The molecule has 3 aromatic rings. The summed E-state index contributed by atoms with van der Waals surface area (Å²) in [6.07, 6.45) is 0. The van der Waals surface area contributed by atoms with Crippen molar-refractivity contribution in [2.45, 2.75) is 6.61 Å². The summed E-state index contributed by atoms with van der Waals surface area (Å²) in [5.74, 6) is -0.992. The van der Waals surface area contributed by atoms with Gasteiger partial charge in [0.25, 0.3) is 0 Å². The third-order valence-electron chi connectivity index (χ3n) is 3.25. The maximum Gasteiger partial charge on any atom is 0.146 e. The number of aromatic nitrogens is 1. The first-order valence-electron chi connectivity index (χ1n) is 6.92. The summed E-state index contributed by atoms with van der Waals surface area (Å²) in [7, 11) is 0. The van der Waals surface area contributed by atoms with Crippen molar-refractivity contribution >= 4 is 11.6 Å². The number of nitrogens with zero attached hydrogens (tertiary/aromatic N) is 1. The largest absolute Gasteiger partial charge is 0.487 e. The van der Waals surface area contributed by atoms with Crippen LogP contribution in [-0.2, 0) is 6.61 Å². The molecule has 23 heavy (non-hydrogen) atoms. The van der Waals surface area contributed by atoms with E-state index >= 15 is 0 Å². The lowest BCUT2D eigenvalue weighted by molar-refractivity contribution is 0.306. The molecule has 0 unspecified atom stereocenters. The van der Waals surface area contributed by atoms with Crippen molar-refractivity contribution in [3.05, 3.63) is 83.0 Å². The monoisotopic (exact) mass is 331 g/mol. The molecule has 0 saturated carbocycles. The molecule has 0 bridgehead atoms. The first-order chi connectivity index (χ1) is 11.1. The summed E-state index contributed by atoms with van der Waals surface area (Å²) in [5.41, 5.74) is 1.34. The zero-order chi connectivity index (χ0) is 16.2. The number of ether oxygens (including phenoxy) is 1. The van der Waals surface area contributed by atoms with Gasteiger partial charge in [-0.2, -0.15) is 0 Å². The molecule has 0 spiro atoms. The van der Waals surface area contributed by atoms with E-state index in [-0.39, 0.29) is 16.4 Å². The lowest BCUT2D eigenvalue weighted by Crippen LogP contribution is -1.99. The Morgan fingerprint density at radius 2 is 1.74 bits per heavy atom. The third kappa shape index (κ3) is 3.66. The highest BCUT2D eigenvalue weighted by Crippen LogP contribution is 2.32. The molecule has 116 valence electrons. The van der Waals surface area contributed by atoms with E-state index in [1.54, 1.807) is 12.1 Å². The van der Waals surface area contributed by atoms with E-state index in [4.69, 9.17) is 16.3 Å². The molecule has 3 rings (SSSR count). The zero-order valence-electron chi connectivity index (χ0n) is 12.0. The molecule has 0 radical (unpaired) electrons. The molecule has 0 atom stereocenters. The van der Waals surface area contributed by atoms with Crippen molar-refractivity contribution in [3.8, 4) is 17.0 Å². The zero-order valence-corrected chi connectivity index (χ0v) is 12.7. The Hall–Kier alpha value is -2.46. The Morgan fingerprint density at radius 1 is 0.957 bits per heavy atom. The van der Waals surface area contributed by atoms with Crippen LogP contribution in [0.15, 0.2) is 60.7 Å². The highest BCUT2D eigenvalue weighted by molar-refractivity contribution is 6.29. The quantitative estimate of drug-likeness (QED) is 0.608. The number of rotatable bonds is 4. The van der Waals surface area contributed by atoms with E-state index in [0.29, 0.717) is 12.4 Å². The Labute approximate surface area is 137 Å². The van der Waals surface area contributed by atoms with Gasteiger partial charge in [-0.3, -0.25) is 0 Å². The Kier molecular flexibility index (Phi) is 4.53. The third-order valence-corrected chi connectivity index (χ3v) is 3.46. The van der Waals surface area contributed by atoms with Crippen LogP contribution in [0.2, 0.25) is 5.15 Å². The van der Waals surface area contributed by atoms with Crippen LogP contribution in [0.4, 0.5) is 8.78 Å². The first kappa shape index (κ1) is 15.4. The summed E-state index contributed by atoms with van der Waals surface area (Å²) in [6, 6.07) is 16.0. The molecule has 0 fully saturated rings. The Balaban J connectivity index is 1.95. The smallest absolute Gasteiger partial charge is 0.146 e. The van der Waals surface area contributed by atoms with Gasteiger partial charge in [0.15, 0.2) is 0 Å². The van der Waals surface area contributed by atoms with Gasteiger partial charge in [0.2, 0.25) is 0 Å². The summed E-state index contributed by atoms with van der Waals surface area (Å²) in [5, 5.41) is 0.204. The molecule has 0 amide bonds. The standard InChI is InChI=1S/C18H12ClF2NO/c19-17-9-8-16(23-11-12-4-2-1-3-5-12)18(22-17)14-7-6-13(20)10-15(14)21/h1-10H,11H2.